The van der Waals surface area contributed by atoms with Crippen LogP contribution in [-0.2, 0) is 10.0 Å². The van der Waals surface area contributed by atoms with Gasteiger partial charge in [-0.25, -0.2) is 12.8 Å². The number of rotatable bonds is 14. The number of hydrogen-bond acceptors (Lipinski definition) is 9. The minimum Gasteiger partial charge on any atom is -0.490 e. The number of aromatic nitrogens is 1. The second-order valence-electron chi connectivity index (χ2n) is 10.6. The Kier molecular flexibility index (Phi) is 10.7. The highest BCUT2D eigenvalue weighted by Gasteiger charge is 2.34. The summed E-state index contributed by atoms with van der Waals surface area (Å²) in [5.74, 6) is -1.11. The summed E-state index contributed by atoms with van der Waals surface area (Å²) in [6, 6.07) is 12.3. The molecule has 0 unspecified atom stereocenters. The van der Waals surface area contributed by atoms with E-state index in [2.05, 4.69) is 31.1 Å². The highest BCUT2D eigenvalue weighted by molar-refractivity contribution is 7.92. The molecule has 0 saturated carbocycles. The normalized spacial score (nSPS) is 14.0. The van der Waals surface area contributed by atoms with Crippen LogP contribution in [0, 0.1) is 5.82 Å². The number of piperidine rings is 1. The molecule has 0 atom stereocenters. The summed E-state index contributed by atoms with van der Waals surface area (Å²) in [7, 11) is -4.60. The molecular weight excluding hydrogens is 644 g/mol. The van der Waals surface area contributed by atoms with E-state index >= 15 is 4.39 Å². The Bertz CT molecular complexity index is 1820. The number of anilines is 1. The van der Waals surface area contributed by atoms with E-state index in [0.717, 1.165) is 44.3 Å². The Hall–Kier alpha value is -4.63. The molecule has 250 valence electrons. The number of halogens is 4. The number of likely N-dealkylation sites (tertiary alicyclic amines) is 1. The van der Waals surface area contributed by atoms with Crippen molar-refractivity contribution in [2.75, 3.05) is 37.7 Å². The Morgan fingerprint density at radius 1 is 0.915 bits per heavy atom. The minimum absolute atomic E-state index is 0.0368. The van der Waals surface area contributed by atoms with E-state index in [1.54, 1.807) is 12.1 Å². The van der Waals surface area contributed by atoms with E-state index in [-0.39, 0.29) is 23.9 Å². The van der Waals surface area contributed by atoms with E-state index in [4.69, 9.17) is 14.2 Å². The van der Waals surface area contributed by atoms with Crippen LogP contribution in [0.15, 0.2) is 76.7 Å². The average molecular weight is 677 g/mol. The molecule has 5 rings (SSSR count). The van der Waals surface area contributed by atoms with Gasteiger partial charge in [-0.2, -0.15) is 0 Å². The fraction of sp³-hybridized carbons (Fsp3) is 0.312. The summed E-state index contributed by atoms with van der Waals surface area (Å²) < 4.78 is 103. The monoisotopic (exact) mass is 676 g/mol. The first-order valence-corrected chi connectivity index (χ1v) is 16.2. The third kappa shape index (κ3) is 9.01. The zero-order valence-corrected chi connectivity index (χ0v) is 25.9. The lowest BCUT2D eigenvalue weighted by Gasteiger charge is -2.26. The second kappa shape index (κ2) is 14.9. The van der Waals surface area contributed by atoms with Crippen LogP contribution >= 0.6 is 0 Å². The maximum atomic E-state index is 15.2. The molecule has 2 heterocycles. The quantitative estimate of drug-likeness (QED) is 0.0852. The molecule has 0 radical (unpaired) electrons. The van der Waals surface area contributed by atoms with Gasteiger partial charge in [0.25, 0.3) is 10.0 Å². The molecule has 0 bridgehead atoms. The van der Waals surface area contributed by atoms with Crippen molar-refractivity contribution < 1.29 is 44.9 Å². The van der Waals surface area contributed by atoms with Gasteiger partial charge in [0.2, 0.25) is 0 Å². The molecule has 15 heteroatoms. The molecule has 1 N–H and O–H groups in total. The molecule has 10 nitrogen and oxygen atoms in total. The number of ether oxygens (including phenoxy) is 4. The van der Waals surface area contributed by atoms with Gasteiger partial charge < -0.3 is 23.8 Å². The van der Waals surface area contributed by atoms with Crippen LogP contribution in [-0.4, -0.2) is 64.4 Å². The molecule has 3 aromatic carbocycles. The molecule has 0 amide bonds. The Morgan fingerprint density at radius 2 is 1.68 bits per heavy atom. The van der Waals surface area contributed by atoms with Crippen LogP contribution in [0.2, 0.25) is 0 Å². The molecule has 1 aliphatic rings. The second-order valence-corrected chi connectivity index (χ2v) is 12.2. The maximum absolute atomic E-state index is 15.2. The van der Waals surface area contributed by atoms with Crippen molar-refractivity contribution >= 4 is 33.3 Å². The lowest BCUT2D eigenvalue weighted by atomic mass is 10.1. The first-order valence-electron chi connectivity index (χ1n) is 14.7. The van der Waals surface area contributed by atoms with Crippen LogP contribution in [0.3, 0.4) is 0 Å². The fourth-order valence-electron chi connectivity index (χ4n) is 5.07. The molecule has 0 spiro atoms. The lowest BCUT2D eigenvalue weighted by molar-refractivity contribution is -0.275. The van der Waals surface area contributed by atoms with Crippen LogP contribution in [0.4, 0.5) is 23.2 Å². The zero-order valence-electron chi connectivity index (χ0n) is 25.1. The van der Waals surface area contributed by atoms with Crippen LogP contribution in [0.1, 0.15) is 25.7 Å². The summed E-state index contributed by atoms with van der Waals surface area (Å²) in [6.45, 7) is 6.99. The number of sulfonamides is 1. The standard InChI is InChI=1S/C32H32F4N4O6S/c1-37-21-44-29-19-23-25(20-30(29)43-17-7-16-40-14-5-2-6-15-40)38-13-12-26(23)45-27-11-10-22(18-24(27)33)39-47(41,42)31-9-4-3-8-28(31)46-32(34,35)36/h3-4,8-13,18-20,39H,1-2,5-7,14-17,21H2. The summed E-state index contributed by atoms with van der Waals surface area (Å²) in [5, 5.41) is 0.470. The van der Waals surface area contributed by atoms with Gasteiger partial charge in [0.15, 0.2) is 29.8 Å². The third-order valence-corrected chi connectivity index (χ3v) is 8.59. The summed E-state index contributed by atoms with van der Waals surface area (Å²) >= 11 is 0. The van der Waals surface area contributed by atoms with Crippen molar-refractivity contribution in [1.29, 1.82) is 0 Å². The van der Waals surface area contributed by atoms with Gasteiger partial charge in [0.1, 0.15) is 16.4 Å². The molecule has 47 heavy (non-hydrogen) atoms. The molecule has 4 aromatic rings. The van der Waals surface area contributed by atoms with Gasteiger partial charge in [-0.05, 0) is 75.5 Å². The number of benzene rings is 3. The first-order chi connectivity index (χ1) is 22.5. The maximum Gasteiger partial charge on any atom is 0.573 e. The van der Waals surface area contributed by atoms with Crippen LogP contribution in [0.25, 0.3) is 10.9 Å². The van der Waals surface area contributed by atoms with E-state index in [1.165, 1.54) is 55.8 Å². The first kappa shape index (κ1) is 33.7. The zero-order chi connectivity index (χ0) is 33.4. The molecule has 1 aliphatic heterocycles. The highest BCUT2D eigenvalue weighted by Crippen LogP contribution is 2.38. The molecule has 1 fully saturated rings. The average Bonchev–Trinajstić information content (AvgIpc) is 3.03. The molecular formula is C32H32F4N4O6S. The number of pyridine rings is 1. The largest absolute Gasteiger partial charge is 0.573 e. The van der Waals surface area contributed by atoms with Crippen LogP contribution < -0.4 is 23.7 Å². The number of alkyl halides is 3. The highest BCUT2D eigenvalue weighted by atomic mass is 32.2. The van der Waals surface area contributed by atoms with E-state index in [1.807, 2.05) is 0 Å². The number of nitrogens with one attached hydrogen (secondary N) is 1. The molecule has 1 saturated heterocycles. The van der Waals surface area contributed by atoms with Gasteiger partial charge in [-0.15, -0.1) is 13.2 Å². The summed E-state index contributed by atoms with van der Waals surface area (Å²) in [4.78, 5) is 9.78. The Balaban J connectivity index is 1.33. The number of fused-ring (bicyclic) bond motifs is 1. The number of para-hydroxylation sites is 1. The van der Waals surface area contributed by atoms with Gasteiger partial charge in [0, 0.05) is 30.3 Å². The van der Waals surface area contributed by atoms with E-state index in [0.29, 0.717) is 29.0 Å². The van der Waals surface area contributed by atoms with Crippen molar-refractivity contribution in [3.63, 3.8) is 0 Å². The Labute approximate surface area is 269 Å². The number of nitrogens with zero attached hydrogens (tertiary/aromatic N) is 3. The summed E-state index contributed by atoms with van der Waals surface area (Å²) in [5.41, 5.74) is 0.225. The Morgan fingerprint density at radius 3 is 2.43 bits per heavy atom. The van der Waals surface area contributed by atoms with Gasteiger partial charge in [0.05, 0.1) is 17.8 Å². The number of aliphatic imine (C=N–C) groups is 1. The van der Waals surface area contributed by atoms with Crippen molar-refractivity contribution in [2.24, 2.45) is 4.99 Å². The predicted octanol–water partition coefficient (Wildman–Crippen LogP) is 7.16. The topological polar surface area (TPSA) is 112 Å². The number of hydrogen-bond donors (Lipinski definition) is 1. The predicted molar refractivity (Wildman–Crippen MR) is 168 cm³/mol. The van der Waals surface area contributed by atoms with E-state index in [9.17, 15) is 21.6 Å². The van der Waals surface area contributed by atoms with Gasteiger partial charge >= 0.3 is 6.36 Å². The lowest BCUT2D eigenvalue weighted by Crippen LogP contribution is -2.31. The fourth-order valence-corrected chi connectivity index (χ4v) is 6.25. The van der Waals surface area contributed by atoms with E-state index < -0.39 is 32.8 Å². The van der Waals surface area contributed by atoms with Gasteiger partial charge in [-0.3, -0.25) is 14.7 Å². The smallest absolute Gasteiger partial charge is 0.490 e. The third-order valence-electron chi connectivity index (χ3n) is 7.17. The molecule has 0 aliphatic carbocycles. The van der Waals surface area contributed by atoms with Crippen molar-refractivity contribution in [3.8, 4) is 28.7 Å². The van der Waals surface area contributed by atoms with Crippen molar-refractivity contribution in [2.45, 2.75) is 36.9 Å². The molecule has 1 aromatic heterocycles. The van der Waals surface area contributed by atoms with Crippen molar-refractivity contribution in [1.82, 2.24) is 9.88 Å². The summed E-state index contributed by atoms with van der Waals surface area (Å²) in [6.07, 6.45) is 0.866. The minimum atomic E-state index is -5.12. The van der Waals surface area contributed by atoms with Crippen LogP contribution in [0.5, 0.6) is 28.7 Å². The SMILES string of the molecule is C=NCOc1cc2c(Oc3ccc(NS(=O)(=O)c4ccccc4OC(F)(F)F)cc3F)ccnc2cc1OCCCN1CCCCC1. The van der Waals surface area contributed by atoms with Crippen molar-refractivity contribution in [3.05, 3.63) is 72.7 Å². The van der Waals surface area contributed by atoms with Gasteiger partial charge in [-0.1, -0.05) is 18.6 Å².